The number of aromatic nitrogens is 6. The molecule has 0 saturated carbocycles. The Bertz CT molecular complexity index is 720. The van der Waals surface area contributed by atoms with E-state index in [4.69, 9.17) is 4.52 Å². The molecule has 0 aliphatic heterocycles. The van der Waals surface area contributed by atoms with Crippen LogP contribution in [0.4, 0.5) is 0 Å². The fraction of sp³-hybridized carbons (Fsp3) is 0.308. The van der Waals surface area contributed by atoms with Crippen molar-refractivity contribution < 1.29 is 4.52 Å². The second kappa shape index (κ2) is 6.04. The maximum Gasteiger partial charge on any atom is 0.237 e. The third kappa shape index (κ3) is 3.10. The van der Waals surface area contributed by atoms with Crippen LogP contribution in [0.2, 0.25) is 0 Å². The molecule has 21 heavy (non-hydrogen) atoms. The van der Waals surface area contributed by atoms with Gasteiger partial charge in [0.2, 0.25) is 16.9 Å². The third-order valence-corrected chi connectivity index (χ3v) is 3.99. The van der Waals surface area contributed by atoms with Gasteiger partial charge in [0.15, 0.2) is 0 Å². The van der Waals surface area contributed by atoms with Gasteiger partial charge in [0.05, 0.1) is 5.75 Å². The van der Waals surface area contributed by atoms with Crippen molar-refractivity contribution in [1.82, 2.24) is 30.3 Å². The lowest BCUT2D eigenvalue weighted by Gasteiger charge is -1.97. The molecule has 0 aliphatic rings. The van der Waals surface area contributed by atoms with E-state index >= 15 is 0 Å². The lowest BCUT2D eigenvalue weighted by atomic mass is 10.1. The second-order valence-electron chi connectivity index (χ2n) is 4.44. The molecule has 1 aromatic carbocycles. The summed E-state index contributed by atoms with van der Waals surface area (Å²) in [5.74, 6) is 1.69. The van der Waals surface area contributed by atoms with Crippen molar-refractivity contribution in [3.63, 3.8) is 0 Å². The van der Waals surface area contributed by atoms with E-state index in [1.165, 1.54) is 17.3 Å². The number of hydrogen-bond donors (Lipinski definition) is 0. The number of thioether (sulfide) groups is 1. The number of tetrazole rings is 1. The van der Waals surface area contributed by atoms with Crippen LogP contribution in [0, 0.1) is 0 Å². The molecule has 0 aliphatic carbocycles. The Hall–Kier alpha value is -2.22. The van der Waals surface area contributed by atoms with Crippen molar-refractivity contribution >= 4 is 11.8 Å². The Morgan fingerprint density at radius 1 is 1.24 bits per heavy atom. The summed E-state index contributed by atoms with van der Waals surface area (Å²) >= 11 is 1.45. The van der Waals surface area contributed by atoms with Crippen LogP contribution in [0.1, 0.15) is 18.4 Å². The molecule has 0 unspecified atom stereocenters. The van der Waals surface area contributed by atoms with Crippen LogP contribution in [-0.4, -0.2) is 30.3 Å². The van der Waals surface area contributed by atoms with Crippen molar-refractivity contribution in [2.75, 3.05) is 0 Å². The minimum Gasteiger partial charge on any atom is -0.338 e. The van der Waals surface area contributed by atoms with E-state index in [-0.39, 0.29) is 0 Å². The van der Waals surface area contributed by atoms with Crippen LogP contribution in [0.25, 0.3) is 11.4 Å². The topological polar surface area (TPSA) is 82.5 Å². The zero-order valence-corrected chi connectivity index (χ0v) is 12.5. The summed E-state index contributed by atoms with van der Waals surface area (Å²) < 4.78 is 6.86. The molecule has 0 N–H and O–H groups in total. The number of rotatable bonds is 5. The largest absolute Gasteiger partial charge is 0.338 e. The molecule has 3 aromatic rings. The van der Waals surface area contributed by atoms with Crippen LogP contribution < -0.4 is 0 Å². The number of benzene rings is 1. The Morgan fingerprint density at radius 2 is 2.05 bits per heavy atom. The molecule has 3 rings (SSSR count). The van der Waals surface area contributed by atoms with Gasteiger partial charge in [-0.2, -0.15) is 4.98 Å². The van der Waals surface area contributed by atoms with Crippen LogP contribution in [0.5, 0.6) is 0 Å². The molecule has 0 spiro atoms. The molecule has 8 heteroatoms. The monoisotopic (exact) mass is 302 g/mol. The van der Waals surface area contributed by atoms with Crippen molar-refractivity contribution in [3.05, 3.63) is 35.7 Å². The van der Waals surface area contributed by atoms with Crippen LogP contribution in [0.3, 0.4) is 0 Å². The van der Waals surface area contributed by atoms with E-state index in [1.54, 1.807) is 11.7 Å². The van der Waals surface area contributed by atoms with E-state index < -0.39 is 0 Å². The first-order valence-electron chi connectivity index (χ1n) is 6.53. The molecular weight excluding hydrogens is 288 g/mol. The first-order chi connectivity index (χ1) is 10.3. The van der Waals surface area contributed by atoms with Gasteiger partial charge < -0.3 is 4.52 Å². The van der Waals surface area contributed by atoms with Gasteiger partial charge in [-0.05, 0) is 22.4 Å². The van der Waals surface area contributed by atoms with Gasteiger partial charge in [-0.15, -0.1) is 5.10 Å². The van der Waals surface area contributed by atoms with Gasteiger partial charge in [-0.25, -0.2) is 4.68 Å². The highest BCUT2D eigenvalue weighted by Crippen LogP contribution is 2.21. The van der Waals surface area contributed by atoms with Crippen molar-refractivity contribution in [2.45, 2.75) is 24.3 Å². The molecule has 0 atom stereocenters. The number of nitrogens with zero attached hydrogens (tertiary/aromatic N) is 6. The lowest BCUT2D eigenvalue weighted by Crippen LogP contribution is -1.93. The summed E-state index contributed by atoms with van der Waals surface area (Å²) in [5.41, 5.74) is 2.24. The Kier molecular flexibility index (Phi) is 3.96. The van der Waals surface area contributed by atoms with Crippen LogP contribution >= 0.6 is 11.8 Å². The minimum atomic E-state index is 0.536. The first-order valence-corrected chi connectivity index (χ1v) is 7.52. The predicted molar refractivity (Wildman–Crippen MR) is 77.5 cm³/mol. The maximum absolute atomic E-state index is 5.25. The zero-order valence-electron chi connectivity index (χ0n) is 11.7. The van der Waals surface area contributed by atoms with Crippen molar-refractivity contribution in [2.24, 2.45) is 7.05 Å². The molecule has 0 saturated heterocycles. The average Bonchev–Trinajstić information content (AvgIpc) is 3.14. The summed E-state index contributed by atoms with van der Waals surface area (Å²) in [6.07, 6.45) is 1.01. The summed E-state index contributed by atoms with van der Waals surface area (Å²) in [6, 6.07) is 8.16. The highest BCUT2D eigenvalue weighted by Gasteiger charge is 2.11. The molecular formula is C13H14N6OS. The van der Waals surface area contributed by atoms with Gasteiger partial charge in [0, 0.05) is 12.6 Å². The van der Waals surface area contributed by atoms with E-state index in [2.05, 4.69) is 44.7 Å². The quantitative estimate of drug-likeness (QED) is 0.667. The Balaban J connectivity index is 1.69. The lowest BCUT2D eigenvalue weighted by molar-refractivity contribution is 0.391. The van der Waals surface area contributed by atoms with Gasteiger partial charge in [0.25, 0.3) is 0 Å². The average molecular weight is 302 g/mol. The fourth-order valence-corrected chi connectivity index (χ4v) is 2.48. The van der Waals surface area contributed by atoms with E-state index in [9.17, 15) is 0 Å². The third-order valence-electron chi connectivity index (χ3n) is 2.99. The summed E-state index contributed by atoms with van der Waals surface area (Å²) in [5, 5.41) is 16.0. The zero-order chi connectivity index (χ0) is 14.7. The van der Waals surface area contributed by atoms with Crippen LogP contribution in [-0.2, 0) is 19.2 Å². The molecule has 0 bridgehead atoms. The molecule has 0 fully saturated rings. The van der Waals surface area contributed by atoms with Crippen molar-refractivity contribution in [3.8, 4) is 11.4 Å². The maximum atomic E-state index is 5.25. The van der Waals surface area contributed by atoms with Crippen molar-refractivity contribution in [1.29, 1.82) is 0 Å². The molecule has 2 heterocycles. The summed E-state index contributed by atoms with van der Waals surface area (Å²) in [7, 11) is 1.79. The fourth-order valence-electron chi connectivity index (χ4n) is 1.79. The highest BCUT2D eigenvalue weighted by atomic mass is 32.2. The Morgan fingerprint density at radius 3 is 2.71 bits per heavy atom. The molecule has 108 valence electrons. The van der Waals surface area contributed by atoms with E-state index in [0.29, 0.717) is 22.6 Å². The summed E-state index contributed by atoms with van der Waals surface area (Å²) in [6.45, 7) is 2.13. The molecule has 0 radical (unpaired) electrons. The molecule has 0 amide bonds. The molecule has 2 aromatic heterocycles. The SMILES string of the molecule is CCc1ccc(-c2noc(CSc3nnnn3C)n2)cc1. The first kappa shape index (κ1) is 13.7. The minimum absolute atomic E-state index is 0.536. The smallest absolute Gasteiger partial charge is 0.237 e. The standard InChI is InChI=1S/C13H14N6OS/c1-3-9-4-6-10(7-5-9)12-14-11(20-16-12)8-21-13-15-17-18-19(13)2/h4-7H,3,8H2,1-2H3. The van der Waals surface area contributed by atoms with E-state index in [0.717, 1.165) is 12.0 Å². The van der Waals surface area contributed by atoms with Gasteiger partial charge in [-0.1, -0.05) is 48.1 Å². The van der Waals surface area contributed by atoms with Crippen LogP contribution in [0.15, 0.2) is 33.9 Å². The highest BCUT2D eigenvalue weighted by molar-refractivity contribution is 7.98. The van der Waals surface area contributed by atoms with E-state index in [1.807, 2.05) is 12.1 Å². The molecule has 7 nitrogen and oxygen atoms in total. The Labute approximate surface area is 125 Å². The number of aryl methyl sites for hydroxylation is 2. The van der Waals surface area contributed by atoms with Gasteiger partial charge in [0.1, 0.15) is 0 Å². The predicted octanol–water partition coefficient (Wildman–Crippen LogP) is 2.11. The number of hydrogen-bond acceptors (Lipinski definition) is 7. The normalized spacial score (nSPS) is 11.0. The second-order valence-corrected chi connectivity index (χ2v) is 5.38. The van der Waals surface area contributed by atoms with Gasteiger partial charge >= 0.3 is 0 Å². The van der Waals surface area contributed by atoms with Gasteiger partial charge in [-0.3, -0.25) is 0 Å². The summed E-state index contributed by atoms with van der Waals surface area (Å²) in [4.78, 5) is 4.39.